The van der Waals surface area contributed by atoms with Crippen molar-refractivity contribution >= 4 is 43.0 Å². The molecule has 2 rings (SSSR count). The van der Waals surface area contributed by atoms with Gasteiger partial charge in [-0.05, 0) is 19.1 Å². The topological polar surface area (TPSA) is 102 Å². The number of hydrogen-bond acceptors (Lipinski definition) is 6. The van der Waals surface area contributed by atoms with Crippen LogP contribution in [-0.4, -0.2) is 37.4 Å². The second kappa shape index (κ2) is 5.98. The molecule has 21 heavy (non-hydrogen) atoms. The minimum absolute atomic E-state index is 0.0666. The van der Waals surface area contributed by atoms with E-state index < -0.39 is 9.84 Å². The molecule has 0 aromatic carbocycles. The highest BCUT2D eigenvalue weighted by Gasteiger charge is 2.17. The van der Waals surface area contributed by atoms with Crippen molar-refractivity contribution in [3.63, 3.8) is 0 Å². The maximum atomic E-state index is 12.1. The van der Waals surface area contributed by atoms with Gasteiger partial charge in [-0.3, -0.25) is 4.79 Å². The molecule has 2 heterocycles. The molecule has 6 nitrogen and oxygen atoms in total. The lowest BCUT2D eigenvalue weighted by atomic mass is 10.2. The van der Waals surface area contributed by atoms with Gasteiger partial charge in [-0.25, -0.2) is 13.4 Å². The number of nitrogen functional groups attached to an aromatic ring is 1. The average Bonchev–Trinajstić information content (AvgIpc) is 2.75. The van der Waals surface area contributed by atoms with E-state index in [9.17, 15) is 13.2 Å². The zero-order chi connectivity index (χ0) is 15.6. The number of fused-ring (bicyclic) bond motifs is 1. The molecule has 0 aliphatic heterocycles. The summed E-state index contributed by atoms with van der Waals surface area (Å²) in [6.45, 7) is 3.52. The monoisotopic (exact) mass is 327 g/mol. The van der Waals surface area contributed by atoms with Gasteiger partial charge in [-0.15, -0.1) is 11.3 Å². The summed E-state index contributed by atoms with van der Waals surface area (Å²) in [6, 6.07) is 3.67. The maximum Gasteiger partial charge on any atom is 0.263 e. The Hall–Kier alpha value is -1.67. The predicted octanol–water partition coefficient (Wildman–Crippen LogP) is 1.35. The lowest BCUT2D eigenvalue weighted by Gasteiger charge is -2.04. The third-order valence-corrected chi connectivity index (χ3v) is 5.90. The highest BCUT2D eigenvalue weighted by molar-refractivity contribution is 7.91. The SMILES string of the molecule is CCS(=O)(=O)CCNC(=O)c1sc2nc(C)ccc2c1N. The van der Waals surface area contributed by atoms with Crippen LogP contribution in [0.1, 0.15) is 22.3 Å². The van der Waals surface area contributed by atoms with Crippen LogP contribution in [0.5, 0.6) is 0 Å². The van der Waals surface area contributed by atoms with E-state index in [1.807, 2.05) is 19.1 Å². The number of nitrogens with zero attached hydrogens (tertiary/aromatic N) is 1. The molecule has 3 N–H and O–H groups in total. The van der Waals surface area contributed by atoms with Crippen LogP contribution in [0.15, 0.2) is 12.1 Å². The van der Waals surface area contributed by atoms with Crippen LogP contribution in [-0.2, 0) is 9.84 Å². The number of aryl methyl sites for hydroxylation is 1. The quantitative estimate of drug-likeness (QED) is 0.863. The predicted molar refractivity (Wildman–Crippen MR) is 85.4 cm³/mol. The number of nitrogens with two attached hydrogens (primary N) is 1. The average molecular weight is 327 g/mol. The summed E-state index contributed by atoms with van der Waals surface area (Å²) in [6.07, 6.45) is 0. The molecule has 0 spiro atoms. The van der Waals surface area contributed by atoms with Gasteiger partial charge in [-0.2, -0.15) is 0 Å². The Balaban J connectivity index is 2.15. The molecular formula is C13H17N3O3S2. The Labute approximate surface area is 127 Å². The third-order valence-electron chi connectivity index (χ3n) is 3.08. The van der Waals surface area contributed by atoms with Gasteiger partial charge in [-0.1, -0.05) is 6.92 Å². The van der Waals surface area contributed by atoms with E-state index in [4.69, 9.17) is 5.73 Å². The molecule has 0 saturated carbocycles. The van der Waals surface area contributed by atoms with Crippen LogP contribution in [0.3, 0.4) is 0 Å². The van der Waals surface area contributed by atoms with E-state index >= 15 is 0 Å². The molecule has 8 heteroatoms. The summed E-state index contributed by atoms with van der Waals surface area (Å²) >= 11 is 1.21. The summed E-state index contributed by atoms with van der Waals surface area (Å²) in [5.74, 6) is -0.367. The lowest BCUT2D eigenvalue weighted by molar-refractivity contribution is 0.0961. The number of aromatic nitrogens is 1. The van der Waals surface area contributed by atoms with Crippen molar-refractivity contribution in [1.29, 1.82) is 0 Å². The second-order valence-corrected chi connectivity index (χ2v) is 8.11. The van der Waals surface area contributed by atoms with Crippen molar-refractivity contribution < 1.29 is 13.2 Å². The third kappa shape index (κ3) is 3.51. The number of thiophene rings is 1. The fraction of sp³-hybridized carbons (Fsp3) is 0.385. The standard InChI is InChI=1S/C13H17N3O3S2/c1-3-21(18,19)7-6-15-12(17)11-10(14)9-5-4-8(2)16-13(9)20-11/h4-5H,3,6-7,14H2,1-2H3,(H,15,17). The Morgan fingerprint density at radius 1 is 1.43 bits per heavy atom. The van der Waals surface area contributed by atoms with Crippen molar-refractivity contribution in [2.75, 3.05) is 23.8 Å². The molecule has 2 aromatic heterocycles. The summed E-state index contributed by atoms with van der Waals surface area (Å²) in [7, 11) is -3.09. The highest BCUT2D eigenvalue weighted by Crippen LogP contribution is 2.32. The maximum absolute atomic E-state index is 12.1. The van der Waals surface area contributed by atoms with Gasteiger partial charge >= 0.3 is 0 Å². The van der Waals surface area contributed by atoms with Gasteiger partial charge in [0, 0.05) is 23.4 Å². The van der Waals surface area contributed by atoms with Crippen LogP contribution < -0.4 is 11.1 Å². The van der Waals surface area contributed by atoms with E-state index in [2.05, 4.69) is 10.3 Å². The van der Waals surface area contributed by atoms with Gasteiger partial charge in [0.05, 0.1) is 11.4 Å². The van der Waals surface area contributed by atoms with Crippen LogP contribution in [0.4, 0.5) is 5.69 Å². The fourth-order valence-electron chi connectivity index (χ4n) is 1.80. The molecule has 0 aliphatic carbocycles. The minimum Gasteiger partial charge on any atom is -0.397 e. The summed E-state index contributed by atoms with van der Waals surface area (Å²) in [5, 5.41) is 3.34. The van der Waals surface area contributed by atoms with Crippen LogP contribution in [0.25, 0.3) is 10.2 Å². The minimum atomic E-state index is -3.09. The van der Waals surface area contributed by atoms with Crippen molar-refractivity contribution in [2.45, 2.75) is 13.8 Å². The molecule has 0 atom stereocenters. The lowest BCUT2D eigenvalue weighted by Crippen LogP contribution is -2.29. The van der Waals surface area contributed by atoms with E-state index in [1.165, 1.54) is 11.3 Å². The first-order valence-electron chi connectivity index (χ1n) is 6.48. The van der Waals surface area contributed by atoms with Gasteiger partial charge in [0.1, 0.15) is 9.71 Å². The first kappa shape index (κ1) is 15.7. The number of carbonyl (C=O) groups is 1. The Morgan fingerprint density at radius 2 is 2.14 bits per heavy atom. The van der Waals surface area contributed by atoms with Crippen molar-refractivity contribution in [3.8, 4) is 0 Å². The molecule has 0 saturated heterocycles. The van der Waals surface area contributed by atoms with Crippen molar-refractivity contribution in [2.24, 2.45) is 0 Å². The zero-order valence-electron chi connectivity index (χ0n) is 11.8. The molecule has 0 bridgehead atoms. The summed E-state index contributed by atoms with van der Waals surface area (Å²) in [4.78, 5) is 17.5. The number of nitrogens with one attached hydrogen (secondary N) is 1. The number of hydrogen-bond donors (Lipinski definition) is 2. The molecule has 2 aromatic rings. The summed E-state index contributed by atoms with van der Waals surface area (Å²) in [5.41, 5.74) is 7.20. The Kier molecular flexibility index (Phi) is 4.48. The van der Waals surface area contributed by atoms with Crippen LogP contribution >= 0.6 is 11.3 Å². The van der Waals surface area contributed by atoms with Crippen LogP contribution in [0.2, 0.25) is 0 Å². The van der Waals surface area contributed by atoms with E-state index in [0.717, 1.165) is 11.1 Å². The highest BCUT2D eigenvalue weighted by atomic mass is 32.2. The molecular weight excluding hydrogens is 310 g/mol. The molecule has 0 fully saturated rings. The van der Waals surface area contributed by atoms with Crippen molar-refractivity contribution in [3.05, 3.63) is 22.7 Å². The van der Waals surface area contributed by atoms with E-state index in [1.54, 1.807) is 6.92 Å². The number of sulfone groups is 1. The molecule has 0 radical (unpaired) electrons. The fourth-order valence-corrected chi connectivity index (χ4v) is 3.56. The summed E-state index contributed by atoms with van der Waals surface area (Å²) < 4.78 is 22.8. The molecule has 0 aliphatic rings. The number of carbonyl (C=O) groups excluding carboxylic acids is 1. The zero-order valence-corrected chi connectivity index (χ0v) is 13.5. The van der Waals surface area contributed by atoms with Gasteiger partial charge < -0.3 is 11.1 Å². The van der Waals surface area contributed by atoms with Gasteiger partial charge in [0.2, 0.25) is 0 Å². The van der Waals surface area contributed by atoms with E-state index in [-0.39, 0.29) is 24.0 Å². The Morgan fingerprint density at radius 3 is 2.81 bits per heavy atom. The normalized spacial score (nSPS) is 11.7. The van der Waals surface area contributed by atoms with Crippen molar-refractivity contribution in [1.82, 2.24) is 10.3 Å². The molecule has 114 valence electrons. The largest absolute Gasteiger partial charge is 0.397 e. The number of amides is 1. The van der Waals surface area contributed by atoms with Crippen LogP contribution in [0, 0.1) is 6.92 Å². The smallest absolute Gasteiger partial charge is 0.263 e. The number of pyridine rings is 1. The first-order valence-corrected chi connectivity index (χ1v) is 9.12. The molecule has 0 unspecified atom stereocenters. The first-order chi connectivity index (χ1) is 9.84. The van der Waals surface area contributed by atoms with E-state index in [0.29, 0.717) is 15.4 Å². The van der Waals surface area contributed by atoms with Gasteiger partial charge in [0.25, 0.3) is 5.91 Å². The molecule has 1 amide bonds. The second-order valence-electron chi connectivity index (χ2n) is 4.64. The number of rotatable bonds is 5. The Bertz CT molecular complexity index is 781. The van der Waals surface area contributed by atoms with Gasteiger partial charge in [0.15, 0.2) is 9.84 Å². The number of anilines is 1.